The highest BCUT2D eigenvalue weighted by Gasteiger charge is 2.16. The molecule has 0 aliphatic carbocycles. The highest BCUT2D eigenvalue weighted by atomic mass is 15.0. The van der Waals surface area contributed by atoms with Gasteiger partial charge in [-0.3, -0.25) is 0 Å². The van der Waals surface area contributed by atoms with Crippen LogP contribution in [-0.4, -0.2) is 15.0 Å². The highest BCUT2D eigenvalue weighted by molar-refractivity contribution is 6.20. The first-order chi connectivity index (χ1) is 17.8. The topological polar surface area (TPSA) is 38.7 Å². The third-order valence-corrected chi connectivity index (χ3v) is 6.71. The van der Waals surface area contributed by atoms with Crippen LogP contribution in [0.2, 0.25) is 0 Å². The number of nitrogens with zero attached hydrogens (tertiary/aromatic N) is 3. The number of benzene rings is 6. The van der Waals surface area contributed by atoms with Gasteiger partial charge >= 0.3 is 0 Å². The van der Waals surface area contributed by atoms with Crippen molar-refractivity contribution in [3.05, 3.63) is 127 Å². The van der Waals surface area contributed by atoms with Crippen LogP contribution in [-0.2, 0) is 0 Å². The van der Waals surface area contributed by atoms with Gasteiger partial charge in [-0.05, 0) is 38.4 Å². The second kappa shape index (κ2) is 8.40. The van der Waals surface area contributed by atoms with Gasteiger partial charge in [-0.2, -0.15) is 0 Å². The third kappa shape index (κ3) is 3.41. The number of rotatable bonds is 3. The smallest absolute Gasteiger partial charge is 0.164 e. The van der Waals surface area contributed by atoms with Gasteiger partial charge in [-0.15, -0.1) is 0 Å². The van der Waals surface area contributed by atoms with Crippen molar-refractivity contribution in [2.24, 2.45) is 0 Å². The number of fused-ring (bicyclic) bond motifs is 5. The van der Waals surface area contributed by atoms with Gasteiger partial charge in [0.1, 0.15) is 0 Å². The third-order valence-electron chi connectivity index (χ3n) is 6.71. The first kappa shape index (κ1) is 20.5. The van der Waals surface area contributed by atoms with Gasteiger partial charge < -0.3 is 0 Å². The fourth-order valence-corrected chi connectivity index (χ4v) is 4.97. The summed E-state index contributed by atoms with van der Waals surface area (Å²) < 4.78 is 0. The zero-order valence-corrected chi connectivity index (χ0v) is 19.5. The lowest BCUT2D eigenvalue weighted by molar-refractivity contribution is 1.08. The predicted molar refractivity (Wildman–Crippen MR) is 149 cm³/mol. The Hall–Kier alpha value is -4.89. The van der Waals surface area contributed by atoms with E-state index in [1.54, 1.807) is 0 Å². The van der Waals surface area contributed by atoms with Gasteiger partial charge in [0.25, 0.3) is 0 Å². The van der Waals surface area contributed by atoms with E-state index in [1.807, 2.05) is 60.7 Å². The summed E-state index contributed by atoms with van der Waals surface area (Å²) in [6.07, 6.45) is 0. The van der Waals surface area contributed by atoms with Crippen LogP contribution >= 0.6 is 0 Å². The van der Waals surface area contributed by atoms with Crippen LogP contribution < -0.4 is 0 Å². The lowest BCUT2D eigenvalue weighted by atomic mass is 9.93. The Kier molecular flexibility index (Phi) is 4.78. The van der Waals surface area contributed by atoms with Gasteiger partial charge in [0.05, 0.1) is 0 Å². The van der Waals surface area contributed by atoms with E-state index in [-0.39, 0.29) is 0 Å². The maximum Gasteiger partial charge on any atom is 0.164 e. The molecule has 3 nitrogen and oxygen atoms in total. The second-order valence-electron chi connectivity index (χ2n) is 8.89. The van der Waals surface area contributed by atoms with Crippen LogP contribution in [0.5, 0.6) is 0 Å². The summed E-state index contributed by atoms with van der Waals surface area (Å²) >= 11 is 0. The highest BCUT2D eigenvalue weighted by Crippen LogP contribution is 2.37. The van der Waals surface area contributed by atoms with Crippen LogP contribution in [0.4, 0.5) is 0 Å². The minimum atomic E-state index is 0.668. The summed E-state index contributed by atoms with van der Waals surface area (Å²) in [6.45, 7) is 0. The Bertz CT molecular complexity index is 1820. The van der Waals surface area contributed by atoms with Gasteiger partial charge in [0, 0.05) is 16.7 Å². The molecule has 0 spiro atoms. The summed E-state index contributed by atoms with van der Waals surface area (Å²) in [5.74, 6) is 2.01. The summed E-state index contributed by atoms with van der Waals surface area (Å²) in [4.78, 5) is 14.9. The maximum absolute atomic E-state index is 5.01. The van der Waals surface area contributed by atoms with E-state index in [4.69, 9.17) is 15.0 Å². The molecule has 0 aliphatic rings. The average molecular weight is 460 g/mol. The molecule has 7 rings (SSSR count). The van der Waals surface area contributed by atoms with Crippen molar-refractivity contribution in [3.63, 3.8) is 0 Å². The summed E-state index contributed by atoms with van der Waals surface area (Å²) in [7, 11) is 0. The number of hydrogen-bond donors (Lipinski definition) is 0. The molecular weight excluding hydrogens is 438 g/mol. The normalized spacial score (nSPS) is 11.3. The second-order valence-corrected chi connectivity index (χ2v) is 8.89. The van der Waals surface area contributed by atoms with Crippen LogP contribution in [0.15, 0.2) is 127 Å². The molecule has 0 amide bonds. The van der Waals surface area contributed by atoms with Gasteiger partial charge in [0.15, 0.2) is 17.5 Å². The Balaban J connectivity index is 1.58. The van der Waals surface area contributed by atoms with Crippen molar-refractivity contribution in [2.75, 3.05) is 0 Å². The van der Waals surface area contributed by atoms with Crippen molar-refractivity contribution in [1.82, 2.24) is 15.0 Å². The molecule has 0 fully saturated rings. The van der Waals surface area contributed by atoms with Crippen molar-refractivity contribution in [3.8, 4) is 34.2 Å². The predicted octanol–water partition coefficient (Wildman–Crippen LogP) is 8.33. The molecule has 0 N–H and O–H groups in total. The first-order valence-electron chi connectivity index (χ1n) is 12.1. The summed E-state index contributed by atoms with van der Waals surface area (Å²) in [5, 5.41) is 7.20. The first-order valence-corrected chi connectivity index (χ1v) is 12.1. The quantitative estimate of drug-likeness (QED) is 0.249. The average Bonchev–Trinajstić information content (AvgIpc) is 2.97. The molecule has 7 aromatic rings. The molecule has 168 valence electrons. The van der Waals surface area contributed by atoms with E-state index >= 15 is 0 Å². The lowest BCUT2D eigenvalue weighted by Crippen LogP contribution is -2.00. The van der Waals surface area contributed by atoms with E-state index in [9.17, 15) is 0 Å². The molecule has 36 heavy (non-hydrogen) atoms. The minimum absolute atomic E-state index is 0.668. The Morgan fingerprint density at radius 1 is 0.333 bits per heavy atom. The fourth-order valence-electron chi connectivity index (χ4n) is 4.97. The number of aromatic nitrogens is 3. The van der Waals surface area contributed by atoms with Crippen molar-refractivity contribution >= 4 is 32.3 Å². The molecule has 0 unspecified atom stereocenters. The maximum atomic E-state index is 5.01. The van der Waals surface area contributed by atoms with Gasteiger partial charge in [0.2, 0.25) is 0 Å². The van der Waals surface area contributed by atoms with Crippen LogP contribution in [0.3, 0.4) is 0 Å². The fraction of sp³-hybridized carbons (Fsp3) is 0. The molecule has 3 heteroatoms. The molecule has 0 aliphatic heterocycles. The zero-order chi connectivity index (χ0) is 23.9. The molecule has 1 heterocycles. The van der Waals surface area contributed by atoms with E-state index < -0.39 is 0 Å². The minimum Gasteiger partial charge on any atom is -0.208 e. The van der Waals surface area contributed by atoms with Crippen molar-refractivity contribution in [2.45, 2.75) is 0 Å². The zero-order valence-electron chi connectivity index (χ0n) is 19.5. The summed E-state index contributed by atoms with van der Waals surface area (Å²) in [6, 6.07) is 44.0. The molecule has 1 aromatic heterocycles. The van der Waals surface area contributed by atoms with E-state index in [0.29, 0.717) is 17.5 Å². The monoisotopic (exact) mass is 459 g/mol. The Morgan fingerprint density at radius 2 is 0.833 bits per heavy atom. The molecule has 0 radical (unpaired) electrons. The molecule has 0 saturated carbocycles. The number of hydrogen-bond acceptors (Lipinski definition) is 3. The molecule has 0 saturated heterocycles. The van der Waals surface area contributed by atoms with E-state index in [0.717, 1.165) is 22.1 Å². The standard InChI is InChI=1S/C33H21N3/c1-3-12-23(13-4-1)31-34-32(24-14-5-2-6-15-24)36-33(35-31)30-21-29-25-16-8-7-11-22(25)19-20-28(29)26-17-9-10-18-27(26)30/h1-21H. The van der Waals surface area contributed by atoms with Crippen LogP contribution in [0.25, 0.3) is 66.5 Å². The molecular formula is C33H21N3. The van der Waals surface area contributed by atoms with E-state index in [1.165, 1.54) is 26.9 Å². The summed E-state index contributed by atoms with van der Waals surface area (Å²) in [5.41, 5.74) is 2.94. The largest absolute Gasteiger partial charge is 0.208 e. The molecule has 0 bridgehead atoms. The van der Waals surface area contributed by atoms with Crippen LogP contribution in [0.1, 0.15) is 0 Å². The van der Waals surface area contributed by atoms with Gasteiger partial charge in [-0.1, -0.05) is 121 Å². The Morgan fingerprint density at radius 3 is 1.50 bits per heavy atom. The lowest BCUT2D eigenvalue weighted by Gasteiger charge is -2.13. The van der Waals surface area contributed by atoms with E-state index in [2.05, 4.69) is 66.7 Å². The SMILES string of the molecule is c1ccc(-c2nc(-c3ccccc3)nc(-c3cc4c5ccccc5ccc4c4ccccc34)n2)cc1. The molecule has 0 atom stereocenters. The molecule has 6 aromatic carbocycles. The van der Waals surface area contributed by atoms with Crippen LogP contribution in [0, 0.1) is 0 Å². The van der Waals surface area contributed by atoms with Gasteiger partial charge in [-0.25, -0.2) is 15.0 Å². The Labute approximate surface area is 208 Å². The van der Waals surface area contributed by atoms with Crippen molar-refractivity contribution in [1.29, 1.82) is 0 Å². The van der Waals surface area contributed by atoms with Crippen molar-refractivity contribution < 1.29 is 0 Å².